The van der Waals surface area contributed by atoms with E-state index in [2.05, 4.69) is 40.8 Å². The molecule has 246 valence electrons. The van der Waals surface area contributed by atoms with Crippen LogP contribution >= 0.6 is 22.7 Å². The fraction of sp³-hybridized carbons (Fsp3) is 0.500. The number of rotatable bonds is 11. The normalized spacial score (nSPS) is 17.6. The number of morpholine rings is 1. The topological polar surface area (TPSA) is 128 Å². The number of likely N-dealkylation sites (tertiary alicyclic amines) is 1. The number of amides is 1. The summed E-state index contributed by atoms with van der Waals surface area (Å²) in [5.74, 6) is 1.23. The maximum absolute atomic E-state index is 13.2. The van der Waals surface area contributed by atoms with Gasteiger partial charge in [0.2, 0.25) is 0 Å². The minimum atomic E-state index is -0.713. The van der Waals surface area contributed by atoms with E-state index < -0.39 is 6.10 Å². The standard InChI is InChI=1S/C34H42N4O6S2/c1-22(2)31-35-20-28(45-31)32(41)38-17-19-44-34(21-38)12-14-37(15-13-34)16-18-43-24-8-6-23(7-9-24)4-3-5-26(39)25-10-11-27(40)29-30(25)46-33(42)36-29/h6-11,20,22,26,39-40H,3-5,12-19,21H2,1-2H3,(H,36,42)/t26-/m0/s1. The van der Waals surface area contributed by atoms with Gasteiger partial charge in [0.1, 0.15) is 28.5 Å². The zero-order valence-corrected chi connectivity index (χ0v) is 28.0. The molecule has 0 aliphatic carbocycles. The highest BCUT2D eigenvalue weighted by Crippen LogP contribution is 2.34. The van der Waals surface area contributed by atoms with E-state index in [1.165, 1.54) is 23.0 Å². The molecule has 1 atom stereocenters. The summed E-state index contributed by atoms with van der Waals surface area (Å²) in [5.41, 5.74) is 1.94. The summed E-state index contributed by atoms with van der Waals surface area (Å²) < 4.78 is 12.9. The van der Waals surface area contributed by atoms with Crippen molar-refractivity contribution >= 4 is 38.8 Å². The van der Waals surface area contributed by atoms with Crippen LogP contribution in [-0.2, 0) is 11.2 Å². The Kier molecular flexibility index (Phi) is 10.1. The number of nitrogens with zero attached hydrogens (tertiary/aromatic N) is 3. The number of H-pyrrole nitrogens is 1. The molecule has 2 aliphatic heterocycles. The van der Waals surface area contributed by atoms with Gasteiger partial charge in [0, 0.05) is 37.7 Å². The molecule has 2 saturated heterocycles. The van der Waals surface area contributed by atoms with Crippen LogP contribution in [0.2, 0.25) is 0 Å². The van der Waals surface area contributed by atoms with Crippen molar-refractivity contribution in [3.05, 3.63) is 73.3 Å². The Hall–Kier alpha value is -3.29. The van der Waals surface area contributed by atoms with Crippen molar-refractivity contribution in [3.8, 4) is 11.5 Å². The van der Waals surface area contributed by atoms with Gasteiger partial charge >= 0.3 is 4.87 Å². The van der Waals surface area contributed by atoms with Gasteiger partial charge in [0.05, 0.1) is 40.8 Å². The number of thiazole rings is 2. The number of ether oxygens (including phenoxy) is 2. The van der Waals surface area contributed by atoms with Gasteiger partial charge in [0.25, 0.3) is 5.91 Å². The average Bonchev–Trinajstić information content (AvgIpc) is 3.71. The summed E-state index contributed by atoms with van der Waals surface area (Å²) in [4.78, 5) is 36.9. The van der Waals surface area contributed by atoms with Gasteiger partial charge in [-0.25, -0.2) is 4.98 Å². The third-order valence-corrected chi connectivity index (χ3v) is 11.2. The minimum Gasteiger partial charge on any atom is -0.506 e. The number of hydrogen-bond donors (Lipinski definition) is 3. The Balaban J connectivity index is 0.909. The van der Waals surface area contributed by atoms with Crippen LogP contribution in [-0.4, -0.2) is 87.4 Å². The molecule has 12 heteroatoms. The highest BCUT2D eigenvalue weighted by atomic mass is 32.1. The maximum atomic E-state index is 13.2. The summed E-state index contributed by atoms with van der Waals surface area (Å²) >= 11 is 2.51. The Bertz CT molecular complexity index is 1690. The molecule has 0 radical (unpaired) electrons. The largest absolute Gasteiger partial charge is 0.506 e. The number of phenols is 1. The number of nitrogens with one attached hydrogen (secondary N) is 1. The maximum Gasteiger partial charge on any atom is 0.305 e. The number of fused-ring (bicyclic) bond motifs is 1. The van der Waals surface area contributed by atoms with Gasteiger partial charge in [-0.3, -0.25) is 14.5 Å². The molecule has 2 fully saturated rings. The molecule has 2 aromatic heterocycles. The van der Waals surface area contributed by atoms with Gasteiger partial charge in [0.15, 0.2) is 0 Å². The van der Waals surface area contributed by atoms with Crippen molar-refractivity contribution < 1.29 is 24.5 Å². The molecule has 4 heterocycles. The fourth-order valence-corrected chi connectivity index (χ4v) is 8.12. The number of benzene rings is 2. The van der Waals surface area contributed by atoms with Crippen LogP contribution in [0.4, 0.5) is 0 Å². The number of carbonyl (C=O) groups excluding carboxylic acids is 1. The van der Waals surface area contributed by atoms with Crippen LogP contribution in [0.5, 0.6) is 11.5 Å². The molecule has 1 spiro atoms. The van der Waals surface area contributed by atoms with Crippen LogP contribution in [0.1, 0.15) is 77.4 Å². The van der Waals surface area contributed by atoms with Gasteiger partial charge in [-0.15, -0.1) is 11.3 Å². The van der Waals surface area contributed by atoms with E-state index in [1.807, 2.05) is 17.0 Å². The number of aliphatic hydroxyl groups excluding tert-OH is 1. The summed E-state index contributed by atoms with van der Waals surface area (Å²) in [6, 6.07) is 11.3. The third-order valence-electron chi connectivity index (χ3n) is 9.02. The van der Waals surface area contributed by atoms with Crippen molar-refractivity contribution in [3.63, 3.8) is 0 Å². The third kappa shape index (κ3) is 7.47. The molecule has 2 aromatic carbocycles. The zero-order chi connectivity index (χ0) is 32.3. The Labute approximate surface area is 276 Å². The van der Waals surface area contributed by atoms with E-state index >= 15 is 0 Å². The van der Waals surface area contributed by atoms with E-state index in [1.54, 1.807) is 12.3 Å². The Morgan fingerprint density at radius 2 is 1.91 bits per heavy atom. The molecule has 4 aromatic rings. The predicted octanol–water partition coefficient (Wildman–Crippen LogP) is 5.32. The lowest BCUT2D eigenvalue weighted by Crippen LogP contribution is -2.58. The number of piperidine rings is 1. The van der Waals surface area contributed by atoms with Gasteiger partial charge < -0.3 is 29.6 Å². The SMILES string of the molecule is CC(C)c1ncc(C(=O)N2CCOC3(CCN(CCOc4ccc(CCC[C@H](O)c5ccc(O)c6[nH]c(=O)sc56)cc4)CC3)C2)s1. The van der Waals surface area contributed by atoms with E-state index in [9.17, 15) is 19.8 Å². The quantitative estimate of drug-likeness (QED) is 0.196. The first-order valence-electron chi connectivity index (χ1n) is 16.1. The highest BCUT2D eigenvalue weighted by Gasteiger charge is 2.41. The smallest absolute Gasteiger partial charge is 0.305 e. The number of aryl methyl sites for hydroxylation is 1. The first-order chi connectivity index (χ1) is 22.2. The van der Waals surface area contributed by atoms with E-state index in [0.717, 1.165) is 67.4 Å². The minimum absolute atomic E-state index is 0.0131. The number of aliphatic hydroxyl groups is 1. The summed E-state index contributed by atoms with van der Waals surface area (Å²) in [5, 5.41) is 21.8. The molecular weight excluding hydrogens is 625 g/mol. The monoisotopic (exact) mass is 666 g/mol. The first-order valence-corrected chi connectivity index (χ1v) is 17.7. The van der Waals surface area contributed by atoms with Crippen LogP contribution in [0.25, 0.3) is 10.2 Å². The molecule has 46 heavy (non-hydrogen) atoms. The predicted molar refractivity (Wildman–Crippen MR) is 180 cm³/mol. The van der Waals surface area contributed by atoms with Crippen molar-refractivity contribution in [2.45, 2.75) is 63.6 Å². The van der Waals surface area contributed by atoms with Crippen LogP contribution in [0, 0.1) is 0 Å². The van der Waals surface area contributed by atoms with Crippen LogP contribution in [0.3, 0.4) is 0 Å². The van der Waals surface area contributed by atoms with Gasteiger partial charge in [-0.05, 0) is 55.9 Å². The molecule has 0 unspecified atom stereocenters. The number of hydrogen-bond acceptors (Lipinski definition) is 10. The molecule has 3 N–H and O–H groups in total. The van der Waals surface area contributed by atoms with Crippen molar-refractivity contribution in [2.24, 2.45) is 0 Å². The second kappa shape index (κ2) is 14.2. The molecule has 2 aliphatic rings. The molecule has 0 bridgehead atoms. The average molecular weight is 667 g/mol. The second-order valence-electron chi connectivity index (χ2n) is 12.6. The van der Waals surface area contributed by atoms with Gasteiger partial charge in [-0.1, -0.05) is 43.4 Å². The molecule has 0 saturated carbocycles. The zero-order valence-electron chi connectivity index (χ0n) is 26.4. The number of aromatic hydroxyl groups is 1. The first kappa shape index (κ1) is 32.6. The molecule has 10 nitrogen and oxygen atoms in total. The summed E-state index contributed by atoms with van der Waals surface area (Å²) in [7, 11) is 0. The van der Waals surface area contributed by atoms with E-state index in [-0.39, 0.29) is 22.1 Å². The number of carbonyl (C=O) groups is 1. The Morgan fingerprint density at radius 3 is 2.65 bits per heavy atom. The van der Waals surface area contributed by atoms with Crippen molar-refractivity contribution in [2.75, 3.05) is 45.9 Å². The van der Waals surface area contributed by atoms with E-state index in [0.29, 0.717) is 59.3 Å². The Morgan fingerprint density at radius 1 is 1.13 bits per heavy atom. The lowest BCUT2D eigenvalue weighted by atomic mass is 9.89. The summed E-state index contributed by atoms with van der Waals surface area (Å²) in [6.07, 6.45) is 4.93. The fourth-order valence-electron chi connectivity index (χ4n) is 6.32. The van der Waals surface area contributed by atoms with Gasteiger partial charge in [-0.2, -0.15) is 0 Å². The second-order valence-corrected chi connectivity index (χ2v) is 14.7. The van der Waals surface area contributed by atoms with Crippen molar-refractivity contribution in [1.82, 2.24) is 19.8 Å². The number of phenolic OH excluding ortho intramolecular Hbond substituents is 1. The number of aromatic amines is 1. The summed E-state index contributed by atoms with van der Waals surface area (Å²) in [6.45, 7) is 9.26. The van der Waals surface area contributed by atoms with E-state index in [4.69, 9.17) is 9.47 Å². The molecule has 1 amide bonds. The molecule has 6 rings (SSSR count). The lowest BCUT2D eigenvalue weighted by Gasteiger charge is -2.47. The number of aromatic nitrogens is 2. The molecular formula is C34H42N4O6S2. The van der Waals surface area contributed by atoms with Crippen LogP contribution in [0.15, 0.2) is 47.4 Å². The highest BCUT2D eigenvalue weighted by molar-refractivity contribution is 7.16. The van der Waals surface area contributed by atoms with Crippen molar-refractivity contribution in [1.29, 1.82) is 0 Å². The van der Waals surface area contributed by atoms with Crippen LogP contribution < -0.4 is 9.61 Å². The lowest BCUT2D eigenvalue weighted by molar-refractivity contribution is -0.127.